The second-order valence-electron chi connectivity index (χ2n) is 11.3. The number of hydrogen-bond donors (Lipinski definition) is 1. The molecular weight excluding hydrogens is 624 g/mol. The zero-order valence-electron chi connectivity index (χ0n) is 24.6. The van der Waals surface area contributed by atoms with Crippen molar-refractivity contribution in [3.05, 3.63) is 94.7 Å². The van der Waals surface area contributed by atoms with E-state index in [0.717, 1.165) is 36.2 Å². The van der Waals surface area contributed by atoms with Crippen LogP contribution in [0.5, 0.6) is 17.2 Å². The Morgan fingerprint density at radius 2 is 1.17 bits per heavy atom. The van der Waals surface area contributed by atoms with Crippen molar-refractivity contribution >= 4 is 0 Å². The molecule has 250 valence electrons. The van der Waals surface area contributed by atoms with Gasteiger partial charge in [-0.25, -0.2) is 0 Å². The van der Waals surface area contributed by atoms with Gasteiger partial charge in [-0.3, -0.25) is 0 Å². The maximum absolute atomic E-state index is 13.8. The van der Waals surface area contributed by atoms with E-state index in [1.54, 1.807) is 24.3 Å². The van der Waals surface area contributed by atoms with Gasteiger partial charge in [-0.05, 0) is 66.1 Å². The molecule has 2 saturated heterocycles. The molecule has 2 fully saturated rings. The lowest BCUT2D eigenvalue weighted by atomic mass is 9.72. The number of alkyl halides is 6. The predicted molar refractivity (Wildman–Crippen MR) is 151 cm³/mol. The van der Waals surface area contributed by atoms with Crippen LogP contribution in [0, 0.1) is 11.1 Å². The van der Waals surface area contributed by atoms with Crippen LogP contribution < -0.4 is 14.2 Å². The zero-order chi connectivity index (χ0) is 33.0. The van der Waals surface area contributed by atoms with Crippen molar-refractivity contribution in [1.82, 2.24) is 0 Å². The smallest absolute Gasteiger partial charge is 0.573 e. The van der Waals surface area contributed by atoms with E-state index in [1.165, 1.54) is 24.3 Å². The molecule has 0 aromatic heterocycles. The Balaban J connectivity index is 1.29. The minimum absolute atomic E-state index is 0.117. The summed E-state index contributed by atoms with van der Waals surface area (Å²) in [6.45, 7) is 1.86. The van der Waals surface area contributed by atoms with Crippen LogP contribution in [0.15, 0.2) is 72.8 Å². The first-order valence-corrected chi connectivity index (χ1v) is 14.7. The molecule has 2 aliphatic rings. The maximum atomic E-state index is 13.8. The van der Waals surface area contributed by atoms with E-state index in [-0.39, 0.29) is 50.2 Å². The van der Waals surface area contributed by atoms with Gasteiger partial charge in [0.1, 0.15) is 36.0 Å². The van der Waals surface area contributed by atoms with Crippen LogP contribution >= 0.6 is 0 Å². The van der Waals surface area contributed by atoms with E-state index in [1.807, 2.05) is 0 Å². The largest absolute Gasteiger partial charge is 0.633 e. The van der Waals surface area contributed by atoms with Gasteiger partial charge in [0.2, 0.25) is 0 Å². The van der Waals surface area contributed by atoms with Gasteiger partial charge >= 0.3 is 12.7 Å². The Kier molecular flexibility index (Phi) is 10.0. The van der Waals surface area contributed by atoms with E-state index < -0.39 is 46.7 Å². The minimum Gasteiger partial charge on any atom is -0.633 e. The van der Waals surface area contributed by atoms with Gasteiger partial charge in [-0.2, -0.15) is 0 Å². The molecule has 0 bridgehead atoms. The number of benzene rings is 3. The number of likely N-dealkylation sites (tertiary alicyclic amines) is 1. The predicted octanol–water partition coefficient (Wildman–Crippen LogP) is 6.79. The van der Waals surface area contributed by atoms with E-state index in [0.29, 0.717) is 19.0 Å². The van der Waals surface area contributed by atoms with Crippen molar-refractivity contribution in [2.45, 2.75) is 50.4 Å². The summed E-state index contributed by atoms with van der Waals surface area (Å²) in [5.74, 6) is -0.991. The molecule has 3 aromatic rings. The van der Waals surface area contributed by atoms with Crippen molar-refractivity contribution in [1.29, 1.82) is 0 Å². The van der Waals surface area contributed by atoms with Crippen molar-refractivity contribution in [3.63, 3.8) is 0 Å². The van der Waals surface area contributed by atoms with Crippen LogP contribution in [-0.2, 0) is 21.6 Å². The Bertz CT molecular complexity index is 1340. The number of hydrogen-bond acceptors (Lipinski definition) is 7. The lowest BCUT2D eigenvalue weighted by Gasteiger charge is -2.50. The van der Waals surface area contributed by atoms with Gasteiger partial charge < -0.3 is 38.6 Å². The molecule has 3 aromatic carbocycles. The molecule has 2 heterocycles. The highest BCUT2D eigenvalue weighted by Gasteiger charge is 2.44. The van der Waals surface area contributed by atoms with Crippen LogP contribution in [0.4, 0.5) is 26.3 Å². The average Bonchev–Trinajstić information content (AvgIpc) is 3.00. The van der Waals surface area contributed by atoms with E-state index in [2.05, 4.69) is 9.47 Å². The Labute approximate surface area is 261 Å². The van der Waals surface area contributed by atoms with E-state index >= 15 is 0 Å². The third kappa shape index (κ3) is 8.82. The van der Waals surface area contributed by atoms with Gasteiger partial charge in [-0.1, -0.05) is 24.3 Å². The standard InChI is InChI=1S/C32H33F6NO7/c33-31(34,35)45-27-10-4-23(5-11-27)30(40,24-6-12-28(13-7-24)46-32(36,37)38)25-14-16-39(41,17-15-25)20-22-2-8-26(9-3-22)44-21-29-42-18-1-19-43-29/h2-13,25,29,40H,1,14-21H2. The third-order valence-corrected chi connectivity index (χ3v) is 8.09. The van der Waals surface area contributed by atoms with Crippen LogP contribution in [0.1, 0.15) is 36.0 Å². The summed E-state index contributed by atoms with van der Waals surface area (Å²) in [6.07, 6.45) is -8.98. The summed E-state index contributed by atoms with van der Waals surface area (Å²) in [5, 5.41) is 25.9. The zero-order valence-corrected chi connectivity index (χ0v) is 24.6. The lowest BCUT2D eigenvalue weighted by Crippen LogP contribution is -2.51. The van der Waals surface area contributed by atoms with Crippen molar-refractivity contribution < 1.29 is 59.8 Å². The molecule has 1 N–H and O–H groups in total. The van der Waals surface area contributed by atoms with E-state index in [9.17, 15) is 36.7 Å². The number of aliphatic hydroxyl groups is 1. The minimum atomic E-state index is -4.92. The van der Waals surface area contributed by atoms with Gasteiger partial charge in [0, 0.05) is 24.3 Å². The Hall–Kier alpha value is -3.56. The van der Waals surface area contributed by atoms with Crippen molar-refractivity contribution in [3.8, 4) is 17.2 Å². The Morgan fingerprint density at radius 1 is 0.717 bits per heavy atom. The van der Waals surface area contributed by atoms with Crippen LogP contribution in [0.25, 0.3) is 0 Å². The lowest BCUT2D eigenvalue weighted by molar-refractivity contribution is -0.900. The fraction of sp³-hybridized carbons (Fsp3) is 0.438. The van der Waals surface area contributed by atoms with Gasteiger partial charge in [0.15, 0.2) is 6.29 Å². The molecule has 14 heteroatoms. The molecule has 0 aliphatic carbocycles. The summed E-state index contributed by atoms with van der Waals surface area (Å²) in [4.78, 5) is 0. The molecule has 2 aliphatic heterocycles. The number of ether oxygens (including phenoxy) is 5. The molecule has 0 amide bonds. The monoisotopic (exact) mass is 657 g/mol. The van der Waals surface area contributed by atoms with Crippen LogP contribution in [-0.4, -0.2) is 61.7 Å². The highest BCUT2D eigenvalue weighted by molar-refractivity contribution is 5.42. The first-order chi connectivity index (χ1) is 21.7. The second-order valence-corrected chi connectivity index (χ2v) is 11.3. The maximum Gasteiger partial charge on any atom is 0.573 e. The molecule has 0 saturated carbocycles. The quantitative estimate of drug-likeness (QED) is 0.146. The average molecular weight is 658 g/mol. The summed E-state index contributed by atoms with van der Waals surface area (Å²) in [7, 11) is 0. The molecule has 0 atom stereocenters. The molecular formula is C32H33F6NO7. The summed E-state index contributed by atoms with van der Waals surface area (Å²) in [5.41, 5.74) is -0.672. The molecule has 0 radical (unpaired) electrons. The molecule has 0 unspecified atom stereocenters. The first kappa shape index (κ1) is 33.8. The van der Waals surface area contributed by atoms with Gasteiger partial charge in [0.05, 0.1) is 26.3 Å². The van der Waals surface area contributed by atoms with Crippen LogP contribution in [0.2, 0.25) is 0 Å². The number of rotatable bonds is 10. The van der Waals surface area contributed by atoms with Gasteiger partial charge in [0.25, 0.3) is 0 Å². The number of nitrogens with zero attached hydrogens (tertiary/aromatic N) is 1. The first-order valence-electron chi connectivity index (χ1n) is 14.7. The van der Waals surface area contributed by atoms with Gasteiger partial charge in [-0.15, -0.1) is 26.3 Å². The number of piperidine rings is 1. The summed E-state index contributed by atoms with van der Waals surface area (Å²) < 4.78 is 100. The van der Waals surface area contributed by atoms with Crippen LogP contribution in [0.3, 0.4) is 0 Å². The highest BCUT2D eigenvalue weighted by atomic mass is 19.4. The fourth-order valence-corrected chi connectivity index (χ4v) is 5.89. The number of quaternary nitrogens is 1. The number of hydroxylamine groups is 3. The summed E-state index contributed by atoms with van der Waals surface area (Å²) >= 11 is 0. The topological polar surface area (TPSA) is 89.4 Å². The van der Waals surface area contributed by atoms with Crippen molar-refractivity contribution in [2.24, 2.45) is 5.92 Å². The third-order valence-electron chi connectivity index (χ3n) is 8.09. The SMILES string of the molecule is [O-][N+]1(Cc2ccc(OCC3OCCCO3)cc2)CCC(C(O)(c2ccc(OC(F)(F)F)cc2)c2ccc(OC(F)(F)F)cc2)CC1. The molecule has 0 spiro atoms. The second kappa shape index (κ2) is 13.7. The fourth-order valence-electron chi connectivity index (χ4n) is 5.89. The Morgan fingerprint density at radius 3 is 1.63 bits per heavy atom. The molecule has 8 nitrogen and oxygen atoms in total. The number of halogens is 6. The molecule has 5 rings (SSSR count). The normalized spacial score (nSPS) is 21.5. The van der Waals surface area contributed by atoms with Crippen molar-refractivity contribution in [2.75, 3.05) is 32.9 Å². The highest BCUT2D eigenvalue weighted by Crippen LogP contribution is 2.44. The summed E-state index contributed by atoms with van der Waals surface area (Å²) in [6, 6.07) is 16.4. The van der Waals surface area contributed by atoms with E-state index in [4.69, 9.17) is 14.2 Å². The molecule has 46 heavy (non-hydrogen) atoms.